The van der Waals surface area contributed by atoms with E-state index < -0.39 is 0 Å². The molecule has 0 saturated heterocycles. The second-order valence-electron chi connectivity index (χ2n) is 4.56. The summed E-state index contributed by atoms with van der Waals surface area (Å²) in [4.78, 5) is 5.43. The highest BCUT2D eigenvalue weighted by Gasteiger charge is 2.17. The van der Waals surface area contributed by atoms with Gasteiger partial charge in [0.15, 0.2) is 5.82 Å². The van der Waals surface area contributed by atoms with E-state index in [-0.39, 0.29) is 12.0 Å². The van der Waals surface area contributed by atoms with Gasteiger partial charge in [-0.1, -0.05) is 30.6 Å². The first-order valence-electron chi connectivity index (χ1n) is 6.02. The average Bonchev–Trinajstić information content (AvgIpc) is 2.86. The zero-order chi connectivity index (χ0) is 13.8. The molecule has 0 bridgehead atoms. The zero-order valence-corrected chi connectivity index (χ0v) is 12.4. The van der Waals surface area contributed by atoms with Crippen LogP contribution in [0, 0.1) is 5.92 Å². The van der Waals surface area contributed by atoms with Crippen LogP contribution in [-0.4, -0.2) is 10.1 Å². The molecule has 6 heteroatoms. The molecule has 1 heterocycles. The van der Waals surface area contributed by atoms with Gasteiger partial charge >= 0.3 is 0 Å². The Hall–Kier alpha value is -1.04. The van der Waals surface area contributed by atoms with Crippen LogP contribution in [0.2, 0.25) is 5.02 Å². The number of hydrogen-bond acceptors (Lipinski definition) is 5. The standard InChI is InChI=1S/C13H16ClN3OS/c1-8(2)12(15)13-16-11(17-18-13)7-19-10-5-3-9(14)4-6-10/h3-6,8,12H,7,15H2,1-2H3/t12-/m1/s1. The number of aromatic nitrogens is 2. The predicted octanol–water partition coefficient (Wildman–Crippen LogP) is 3.67. The van der Waals surface area contributed by atoms with E-state index in [2.05, 4.69) is 10.1 Å². The average molecular weight is 298 g/mol. The fourth-order valence-corrected chi connectivity index (χ4v) is 2.29. The topological polar surface area (TPSA) is 64.9 Å². The monoisotopic (exact) mass is 297 g/mol. The largest absolute Gasteiger partial charge is 0.338 e. The van der Waals surface area contributed by atoms with Gasteiger partial charge in [-0.2, -0.15) is 4.98 Å². The minimum atomic E-state index is -0.207. The Balaban J connectivity index is 1.95. The molecule has 0 aliphatic heterocycles. The summed E-state index contributed by atoms with van der Waals surface area (Å²) in [5.41, 5.74) is 5.96. The highest BCUT2D eigenvalue weighted by Crippen LogP contribution is 2.24. The molecular formula is C13H16ClN3OS. The van der Waals surface area contributed by atoms with Gasteiger partial charge in [-0.15, -0.1) is 11.8 Å². The minimum absolute atomic E-state index is 0.207. The summed E-state index contributed by atoms with van der Waals surface area (Å²) in [5, 5.41) is 4.67. The van der Waals surface area contributed by atoms with Crippen molar-refractivity contribution in [2.75, 3.05) is 0 Å². The molecule has 0 unspecified atom stereocenters. The minimum Gasteiger partial charge on any atom is -0.338 e. The number of benzene rings is 1. The van der Waals surface area contributed by atoms with E-state index >= 15 is 0 Å². The van der Waals surface area contributed by atoms with Gasteiger partial charge in [-0.3, -0.25) is 0 Å². The first-order valence-corrected chi connectivity index (χ1v) is 7.39. The normalized spacial score (nSPS) is 12.9. The molecule has 0 spiro atoms. The highest BCUT2D eigenvalue weighted by molar-refractivity contribution is 7.98. The van der Waals surface area contributed by atoms with Gasteiger partial charge in [-0.05, 0) is 30.2 Å². The molecule has 0 saturated carbocycles. The summed E-state index contributed by atoms with van der Waals surface area (Å²) in [6.07, 6.45) is 0. The third kappa shape index (κ3) is 3.96. The van der Waals surface area contributed by atoms with Crippen LogP contribution in [0.1, 0.15) is 31.6 Å². The Morgan fingerprint density at radius 1 is 1.32 bits per heavy atom. The Kier molecular flexibility index (Phi) is 4.85. The first kappa shape index (κ1) is 14.4. The van der Waals surface area contributed by atoms with Crippen molar-refractivity contribution in [1.29, 1.82) is 0 Å². The summed E-state index contributed by atoms with van der Waals surface area (Å²) in [5.74, 6) is 2.08. The number of nitrogens with two attached hydrogens (primary N) is 1. The van der Waals surface area contributed by atoms with Crippen molar-refractivity contribution >= 4 is 23.4 Å². The molecule has 0 aliphatic rings. The van der Waals surface area contributed by atoms with Gasteiger partial charge in [0.05, 0.1) is 11.8 Å². The van der Waals surface area contributed by atoms with Crippen molar-refractivity contribution < 1.29 is 4.52 Å². The maximum Gasteiger partial charge on any atom is 0.243 e. The van der Waals surface area contributed by atoms with E-state index in [4.69, 9.17) is 21.9 Å². The number of thioether (sulfide) groups is 1. The summed E-state index contributed by atoms with van der Waals surface area (Å²) in [7, 11) is 0. The van der Waals surface area contributed by atoms with E-state index in [1.165, 1.54) is 0 Å². The van der Waals surface area contributed by atoms with E-state index in [0.29, 0.717) is 17.5 Å². The molecule has 1 aromatic carbocycles. The molecule has 4 nitrogen and oxygen atoms in total. The van der Waals surface area contributed by atoms with E-state index in [0.717, 1.165) is 9.92 Å². The molecule has 2 rings (SSSR count). The summed E-state index contributed by atoms with van der Waals surface area (Å²) in [6, 6.07) is 7.45. The van der Waals surface area contributed by atoms with Gasteiger partial charge in [0.1, 0.15) is 0 Å². The lowest BCUT2D eigenvalue weighted by molar-refractivity contribution is 0.323. The van der Waals surface area contributed by atoms with Crippen molar-refractivity contribution in [3.8, 4) is 0 Å². The van der Waals surface area contributed by atoms with Crippen LogP contribution in [0.15, 0.2) is 33.7 Å². The molecule has 0 aliphatic carbocycles. The smallest absolute Gasteiger partial charge is 0.243 e. The van der Waals surface area contributed by atoms with E-state index in [1.54, 1.807) is 11.8 Å². The quantitative estimate of drug-likeness (QED) is 0.853. The number of nitrogens with zero attached hydrogens (tertiary/aromatic N) is 2. The van der Waals surface area contributed by atoms with Crippen molar-refractivity contribution in [3.63, 3.8) is 0 Å². The van der Waals surface area contributed by atoms with Gasteiger partial charge in [0.2, 0.25) is 5.89 Å². The van der Waals surface area contributed by atoms with Crippen LogP contribution >= 0.6 is 23.4 Å². The number of hydrogen-bond donors (Lipinski definition) is 1. The number of halogens is 1. The van der Waals surface area contributed by atoms with Crippen molar-refractivity contribution in [2.45, 2.75) is 30.5 Å². The molecule has 2 aromatic rings. The Morgan fingerprint density at radius 3 is 2.63 bits per heavy atom. The van der Waals surface area contributed by atoms with E-state index in [1.807, 2.05) is 38.1 Å². The van der Waals surface area contributed by atoms with Crippen molar-refractivity contribution in [3.05, 3.63) is 41.0 Å². The van der Waals surface area contributed by atoms with Crippen LogP contribution in [0.5, 0.6) is 0 Å². The molecular weight excluding hydrogens is 282 g/mol. The van der Waals surface area contributed by atoms with Crippen LogP contribution in [0.4, 0.5) is 0 Å². The van der Waals surface area contributed by atoms with Gasteiger partial charge in [0.25, 0.3) is 0 Å². The second-order valence-corrected chi connectivity index (χ2v) is 6.05. The molecule has 1 aromatic heterocycles. The van der Waals surface area contributed by atoms with Gasteiger partial charge in [-0.25, -0.2) is 0 Å². The maximum absolute atomic E-state index is 5.96. The summed E-state index contributed by atoms with van der Waals surface area (Å²) >= 11 is 7.46. The predicted molar refractivity (Wildman–Crippen MR) is 77.1 cm³/mol. The van der Waals surface area contributed by atoms with Crippen molar-refractivity contribution in [2.24, 2.45) is 11.7 Å². The van der Waals surface area contributed by atoms with Crippen LogP contribution in [-0.2, 0) is 5.75 Å². The fraction of sp³-hybridized carbons (Fsp3) is 0.385. The Morgan fingerprint density at radius 2 is 2.00 bits per heavy atom. The lowest BCUT2D eigenvalue weighted by Gasteiger charge is -2.09. The van der Waals surface area contributed by atoms with Crippen molar-refractivity contribution in [1.82, 2.24) is 10.1 Å². The third-order valence-corrected chi connectivity index (χ3v) is 3.93. The SMILES string of the molecule is CC(C)[C@@H](N)c1nc(CSc2ccc(Cl)cc2)no1. The zero-order valence-electron chi connectivity index (χ0n) is 10.8. The molecule has 0 fully saturated rings. The third-order valence-electron chi connectivity index (χ3n) is 2.67. The lowest BCUT2D eigenvalue weighted by Crippen LogP contribution is -2.17. The molecule has 2 N–H and O–H groups in total. The van der Waals surface area contributed by atoms with Crippen LogP contribution < -0.4 is 5.73 Å². The Labute approximate surface area is 121 Å². The maximum atomic E-state index is 5.96. The molecule has 102 valence electrons. The van der Waals surface area contributed by atoms with Gasteiger partial charge in [0, 0.05) is 9.92 Å². The lowest BCUT2D eigenvalue weighted by atomic mass is 10.1. The first-order chi connectivity index (χ1) is 9.06. The molecule has 0 radical (unpaired) electrons. The molecule has 19 heavy (non-hydrogen) atoms. The second kappa shape index (κ2) is 6.41. The summed E-state index contributed by atoms with van der Waals surface area (Å²) in [6.45, 7) is 4.05. The van der Waals surface area contributed by atoms with Gasteiger partial charge < -0.3 is 10.3 Å². The molecule has 1 atom stereocenters. The van der Waals surface area contributed by atoms with Crippen LogP contribution in [0.25, 0.3) is 0 Å². The highest BCUT2D eigenvalue weighted by atomic mass is 35.5. The Bertz CT molecular complexity index is 527. The number of rotatable bonds is 5. The molecule has 0 amide bonds. The van der Waals surface area contributed by atoms with E-state index in [9.17, 15) is 0 Å². The van der Waals surface area contributed by atoms with Crippen LogP contribution in [0.3, 0.4) is 0 Å². The summed E-state index contributed by atoms with van der Waals surface area (Å²) < 4.78 is 5.17. The fourth-order valence-electron chi connectivity index (χ4n) is 1.43.